The van der Waals surface area contributed by atoms with Gasteiger partial charge in [0.2, 0.25) is 0 Å². The van der Waals surface area contributed by atoms with E-state index in [0.29, 0.717) is 13.2 Å². The number of hydrogen-bond acceptors (Lipinski definition) is 3. The lowest BCUT2D eigenvalue weighted by Crippen LogP contribution is -2.35. The van der Waals surface area contributed by atoms with E-state index < -0.39 is 5.60 Å². The van der Waals surface area contributed by atoms with Crippen molar-refractivity contribution in [3.8, 4) is 0 Å². The van der Waals surface area contributed by atoms with Gasteiger partial charge in [0.1, 0.15) is 0 Å². The Morgan fingerprint density at radius 1 is 1.24 bits per heavy atom. The molecular formula is C14H29NO2. The lowest BCUT2D eigenvalue weighted by Gasteiger charge is -2.30. The molecular weight excluding hydrogens is 214 g/mol. The molecule has 3 nitrogen and oxygen atoms in total. The molecule has 102 valence electrons. The summed E-state index contributed by atoms with van der Waals surface area (Å²) in [5.41, 5.74) is 4.87. The Kier molecular flexibility index (Phi) is 7.09. The van der Waals surface area contributed by atoms with Crippen LogP contribution in [0.3, 0.4) is 0 Å². The summed E-state index contributed by atoms with van der Waals surface area (Å²) < 4.78 is 5.15. The lowest BCUT2D eigenvalue weighted by atomic mass is 9.82. The molecule has 0 amide bonds. The fraction of sp³-hybridized carbons (Fsp3) is 1.00. The van der Waals surface area contributed by atoms with Crippen LogP contribution in [0.4, 0.5) is 0 Å². The van der Waals surface area contributed by atoms with E-state index in [0.717, 1.165) is 31.6 Å². The maximum Gasteiger partial charge on any atom is 0.0880 e. The van der Waals surface area contributed by atoms with Gasteiger partial charge in [-0.2, -0.15) is 0 Å². The molecule has 1 atom stereocenters. The topological polar surface area (TPSA) is 55.5 Å². The second-order valence-corrected chi connectivity index (χ2v) is 5.59. The van der Waals surface area contributed by atoms with Gasteiger partial charge in [-0.15, -0.1) is 0 Å². The molecule has 0 radical (unpaired) electrons. The van der Waals surface area contributed by atoms with Gasteiger partial charge >= 0.3 is 0 Å². The summed E-state index contributed by atoms with van der Waals surface area (Å²) in [5.74, 6) is 0.824. The SMILES string of the molecule is COCC(O)(CCCN)CCC1CCCCC1. The van der Waals surface area contributed by atoms with Gasteiger partial charge in [0.15, 0.2) is 0 Å². The number of rotatable bonds is 8. The van der Waals surface area contributed by atoms with E-state index in [9.17, 15) is 5.11 Å². The zero-order valence-corrected chi connectivity index (χ0v) is 11.3. The first-order valence-electron chi connectivity index (χ1n) is 7.11. The van der Waals surface area contributed by atoms with Crippen LogP contribution in [0.25, 0.3) is 0 Å². The highest BCUT2D eigenvalue weighted by Crippen LogP contribution is 2.30. The minimum atomic E-state index is -0.647. The predicted octanol–water partition coefficient (Wildman–Crippen LogP) is 2.46. The molecule has 0 aromatic heterocycles. The molecule has 1 saturated carbocycles. The molecule has 1 unspecified atom stereocenters. The van der Waals surface area contributed by atoms with Gasteiger partial charge in [-0.3, -0.25) is 0 Å². The summed E-state index contributed by atoms with van der Waals surface area (Å²) in [7, 11) is 1.66. The largest absolute Gasteiger partial charge is 0.387 e. The second kappa shape index (κ2) is 8.06. The van der Waals surface area contributed by atoms with Crippen LogP contribution in [-0.4, -0.2) is 31.0 Å². The first-order chi connectivity index (χ1) is 8.20. The summed E-state index contributed by atoms with van der Waals surface area (Å²) in [6.45, 7) is 1.09. The lowest BCUT2D eigenvalue weighted by molar-refractivity contribution is -0.0483. The summed E-state index contributed by atoms with van der Waals surface area (Å²) >= 11 is 0. The number of nitrogens with two attached hydrogens (primary N) is 1. The van der Waals surface area contributed by atoms with Crippen molar-refractivity contribution in [2.45, 2.75) is 63.4 Å². The third-order valence-electron chi connectivity index (χ3n) is 4.00. The van der Waals surface area contributed by atoms with Crippen molar-refractivity contribution in [3.63, 3.8) is 0 Å². The Balaban J connectivity index is 2.31. The van der Waals surface area contributed by atoms with E-state index in [1.807, 2.05) is 0 Å². The van der Waals surface area contributed by atoms with E-state index in [1.54, 1.807) is 7.11 Å². The molecule has 17 heavy (non-hydrogen) atoms. The molecule has 0 heterocycles. The van der Waals surface area contributed by atoms with Crippen LogP contribution in [0.2, 0.25) is 0 Å². The van der Waals surface area contributed by atoms with Gasteiger partial charge in [-0.25, -0.2) is 0 Å². The summed E-state index contributed by atoms with van der Waals surface area (Å²) in [6.07, 6.45) is 10.5. The zero-order valence-electron chi connectivity index (χ0n) is 11.3. The van der Waals surface area contributed by atoms with Gasteiger partial charge in [-0.1, -0.05) is 32.1 Å². The van der Waals surface area contributed by atoms with E-state index in [2.05, 4.69) is 0 Å². The average molecular weight is 243 g/mol. The second-order valence-electron chi connectivity index (χ2n) is 5.59. The average Bonchev–Trinajstić information content (AvgIpc) is 2.36. The Morgan fingerprint density at radius 3 is 2.53 bits per heavy atom. The highest BCUT2D eigenvalue weighted by molar-refractivity contribution is 4.80. The van der Waals surface area contributed by atoms with Gasteiger partial charge in [0.05, 0.1) is 12.2 Å². The third kappa shape index (κ3) is 5.84. The van der Waals surface area contributed by atoms with Crippen LogP contribution in [0.1, 0.15) is 57.8 Å². The van der Waals surface area contributed by atoms with Crippen molar-refractivity contribution in [2.24, 2.45) is 11.7 Å². The van der Waals surface area contributed by atoms with E-state index >= 15 is 0 Å². The van der Waals surface area contributed by atoms with Crippen molar-refractivity contribution < 1.29 is 9.84 Å². The van der Waals surface area contributed by atoms with Gasteiger partial charge < -0.3 is 15.6 Å². The molecule has 1 fully saturated rings. The predicted molar refractivity (Wildman–Crippen MR) is 70.9 cm³/mol. The maximum absolute atomic E-state index is 10.5. The van der Waals surface area contributed by atoms with Gasteiger partial charge in [-0.05, 0) is 38.1 Å². The van der Waals surface area contributed by atoms with E-state index in [1.165, 1.54) is 32.1 Å². The highest BCUT2D eigenvalue weighted by atomic mass is 16.5. The first kappa shape index (κ1) is 14.9. The Bertz CT molecular complexity index is 193. The van der Waals surface area contributed by atoms with Crippen molar-refractivity contribution in [3.05, 3.63) is 0 Å². The van der Waals surface area contributed by atoms with E-state index in [4.69, 9.17) is 10.5 Å². The van der Waals surface area contributed by atoms with E-state index in [-0.39, 0.29) is 0 Å². The summed E-state index contributed by atoms with van der Waals surface area (Å²) in [6, 6.07) is 0. The standard InChI is InChI=1S/C14H29NO2/c1-17-12-14(16,9-5-11-15)10-8-13-6-3-2-4-7-13/h13,16H,2-12,15H2,1H3. The fourth-order valence-corrected chi connectivity index (χ4v) is 2.92. The smallest absolute Gasteiger partial charge is 0.0880 e. The fourth-order valence-electron chi connectivity index (χ4n) is 2.92. The number of methoxy groups -OCH3 is 1. The minimum Gasteiger partial charge on any atom is -0.387 e. The van der Waals surface area contributed by atoms with Crippen molar-refractivity contribution in [1.82, 2.24) is 0 Å². The molecule has 1 aliphatic carbocycles. The van der Waals surface area contributed by atoms with Crippen molar-refractivity contribution in [1.29, 1.82) is 0 Å². The molecule has 1 rings (SSSR count). The van der Waals surface area contributed by atoms with Crippen LogP contribution in [0.5, 0.6) is 0 Å². The van der Waals surface area contributed by atoms with Crippen LogP contribution in [-0.2, 0) is 4.74 Å². The summed E-state index contributed by atoms with van der Waals surface area (Å²) in [4.78, 5) is 0. The molecule has 0 saturated heterocycles. The molecule has 0 aromatic rings. The zero-order chi connectivity index (χ0) is 12.6. The quantitative estimate of drug-likeness (QED) is 0.688. The number of ether oxygens (including phenoxy) is 1. The van der Waals surface area contributed by atoms with Crippen LogP contribution >= 0.6 is 0 Å². The molecule has 3 heteroatoms. The Hall–Kier alpha value is -0.120. The molecule has 0 aromatic carbocycles. The highest BCUT2D eigenvalue weighted by Gasteiger charge is 2.27. The number of hydrogen-bond donors (Lipinski definition) is 2. The monoisotopic (exact) mass is 243 g/mol. The van der Waals surface area contributed by atoms with Crippen LogP contribution < -0.4 is 5.73 Å². The normalized spacial score (nSPS) is 21.4. The molecule has 0 bridgehead atoms. The third-order valence-corrected chi connectivity index (χ3v) is 4.00. The Morgan fingerprint density at radius 2 is 1.94 bits per heavy atom. The number of aliphatic hydroxyl groups is 1. The first-order valence-corrected chi connectivity index (χ1v) is 7.11. The Labute approximate surface area is 106 Å². The molecule has 1 aliphatic rings. The van der Waals surface area contributed by atoms with Gasteiger partial charge in [0.25, 0.3) is 0 Å². The van der Waals surface area contributed by atoms with Gasteiger partial charge in [0, 0.05) is 7.11 Å². The molecule has 0 aliphatic heterocycles. The van der Waals surface area contributed by atoms with Crippen molar-refractivity contribution in [2.75, 3.05) is 20.3 Å². The minimum absolute atomic E-state index is 0.444. The molecule has 0 spiro atoms. The van der Waals surface area contributed by atoms with Crippen LogP contribution in [0.15, 0.2) is 0 Å². The summed E-state index contributed by atoms with van der Waals surface area (Å²) in [5, 5.41) is 10.5. The molecule has 3 N–H and O–H groups in total. The maximum atomic E-state index is 10.5. The van der Waals surface area contributed by atoms with Crippen molar-refractivity contribution >= 4 is 0 Å². The van der Waals surface area contributed by atoms with Crippen LogP contribution in [0, 0.1) is 5.92 Å².